The van der Waals surface area contributed by atoms with Gasteiger partial charge in [0.25, 0.3) is 5.91 Å². The highest BCUT2D eigenvalue weighted by molar-refractivity contribution is 7.16. The molecule has 1 atom stereocenters. The van der Waals surface area contributed by atoms with Crippen molar-refractivity contribution in [3.63, 3.8) is 0 Å². The maximum atomic E-state index is 12.4. The molecule has 2 aromatic rings. The quantitative estimate of drug-likeness (QED) is 0.817. The third-order valence-corrected chi connectivity index (χ3v) is 4.46. The van der Waals surface area contributed by atoms with Crippen molar-refractivity contribution in [1.29, 1.82) is 0 Å². The summed E-state index contributed by atoms with van der Waals surface area (Å²) in [5.41, 5.74) is 6.02. The molecule has 0 aliphatic carbocycles. The molecule has 1 amide bonds. The summed E-state index contributed by atoms with van der Waals surface area (Å²) in [6.07, 6.45) is 5.68. The number of amides is 1. The number of hydrogen-bond donors (Lipinski definition) is 1. The van der Waals surface area contributed by atoms with Gasteiger partial charge in [-0.05, 0) is 18.4 Å². The summed E-state index contributed by atoms with van der Waals surface area (Å²) < 4.78 is 0. The van der Waals surface area contributed by atoms with Gasteiger partial charge in [-0.15, -0.1) is 36.2 Å². The van der Waals surface area contributed by atoms with Gasteiger partial charge in [0.1, 0.15) is 4.88 Å². The molecule has 0 spiro atoms. The van der Waals surface area contributed by atoms with Gasteiger partial charge < -0.3 is 10.6 Å². The predicted molar refractivity (Wildman–Crippen MR) is 102 cm³/mol. The molecule has 2 N–H and O–H groups in total. The van der Waals surface area contributed by atoms with Gasteiger partial charge in [-0.1, -0.05) is 13.8 Å². The molecule has 24 heavy (non-hydrogen) atoms. The number of hydrogen-bond acceptors (Lipinski definition) is 6. The van der Waals surface area contributed by atoms with E-state index < -0.39 is 0 Å². The van der Waals surface area contributed by atoms with Crippen LogP contribution >= 0.6 is 36.2 Å². The van der Waals surface area contributed by atoms with Crippen molar-refractivity contribution in [3.8, 4) is 10.8 Å². The van der Waals surface area contributed by atoms with Crippen LogP contribution in [0.25, 0.3) is 10.8 Å². The lowest BCUT2D eigenvalue weighted by Gasteiger charge is -2.20. The molecular formula is C15H23Cl2N5OS. The van der Waals surface area contributed by atoms with Crippen molar-refractivity contribution in [1.82, 2.24) is 19.9 Å². The summed E-state index contributed by atoms with van der Waals surface area (Å²) in [7, 11) is 1.79. The standard InChI is InChI=1S/C15H21N5OS.2ClH/c1-10(2)11(16)5-8-20(3)15(21)12-9-19-14(22-12)13-17-6-4-7-18-13;;/h4,6-7,9-11H,5,8,16H2,1-3H3;2*1H. The Balaban J connectivity index is 0.00000264. The Morgan fingerprint density at radius 2 is 1.88 bits per heavy atom. The smallest absolute Gasteiger partial charge is 0.265 e. The van der Waals surface area contributed by atoms with Crippen molar-refractivity contribution in [3.05, 3.63) is 29.5 Å². The highest BCUT2D eigenvalue weighted by atomic mass is 35.5. The SMILES string of the molecule is CC(C)C(N)CCN(C)C(=O)c1cnc(-c2ncccn2)s1.Cl.Cl. The van der Waals surface area contributed by atoms with E-state index in [1.165, 1.54) is 11.3 Å². The van der Waals surface area contributed by atoms with Crippen LogP contribution in [0.15, 0.2) is 24.7 Å². The minimum absolute atomic E-state index is 0. The number of nitrogens with two attached hydrogens (primary N) is 1. The molecule has 0 radical (unpaired) electrons. The molecule has 2 rings (SSSR count). The minimum Gasteiger partial charge on any atom is -0.341 e. The van der Waals surface area contributed by atoms with Crippen LogP contribution in [-0.2, 0) is 0 Å². The maximum absolute atomic E-state index is 12.4. The first-order valence-electron chi connectivity index (χ1n) is 7.23. The molecule has 0 aliphatic heterocycles. The number of thiazole rings is 1. The summed E-state index contributed by atoms with van der Waals surface area (Å²) in [4.78, 5) is 27.2. The molecule has 9 heteroatoms. The van der Waals surface area contributed by atoms with E-state index >= 15 is 0 Å². The average molecular weight is 392 g/mol. The molecule has 1 unspecified atom stereocenters. The summed E-state index contributed by atoms with van der Waals surface area (Å²) >= 11 is 1.30. The largest absolute Gasteiger partial charge is 0.341 e. The summed E-state index contributed by atoms with van der Waals surface area (Å²) in [6, 6.07) is 1.85. The number of carbonyl (C=O) groups is 1. The van der Waals surface area contributed by atoms with Crippen LogP contribution in [0.4, 0.5) is 0 Å². The van der Waals surface area contributed by atoms with Gasteiger partial charge in [-0.25, -0.2) is 15.0 Å². The topological polar surface area (TPSA) is 85.0 Å². The third-order valence-electron chi connectivity index (χ3n) is 3.47. The summed E-state index contributed by atoms with van der Waals surface area (Å²) in [5, 5.41) is 0.649. The molecule has 0 aromatic carbocycles. The van der Waals surface area contributed by atoms with E-state index in [0.717, 1.165) is 6.42 Å². The molecular weight excluding hydrogens is 369 g/mol. The zero-order chi connectivity index (χ0) is 16.1. The van der Waals surface area contributed by atoms with Gasteiger partial charge >= 0.3 is 0 Å². The second kappa shape index (κ2) is 10.6. The van der Waals surface area contributed by atoms with Crippen molar-refractivity contribution >= 4 is 42.1 Å². The number of rotatable bonds is 6. The fraction of sp³-hybridized carbons (Fsp3) is 0.467. The summed E-state index contributed by atoms with van der Waals surface area (Å²) in [6.45, 7) is 4.80. The Morgan fingerprint density at radius 3 is 2.46 bits per heavy atom. The van der Waals surface area contributed by atoms with Crippen LogP contribution in [0.1, 0.15) is 29.9 Å². The van der Waals surface area contributed by atoms with Crippen LogP contribution in [0.3, 0.4) is 0 Å². The lowest BCUT2D eigenvalue weighted by atomic mass is 10.0. The van der Waals surface area contributed by atoms with Crippen LogP contribution in [0.2, 0.25) is 0 Å². The number of aromatic nitrogens is 3. The van der Waals surface area contributed by atoms with Gasteiger partial charge in [0, 0.05) is 32.0 Å². The van der Waals surface area contributed by atoms with E-state index in [4.69, 9.17) is 5.73 Å². The normalized spacial score (nSPS) is 11.4. The van der Waals surface area contributed by atoms with E-state index in [1.54, 1.807) is 36.6 Å². The molecule has 6 nitrogen and oxygen atoms in total. The summed E-state index contributed by atoms with van der Waals surface area (Å²) in [5.74, 6) is 0.903. The molecule has 0 saturated carbocycles. The second-order valence-corrected chi connectivity index (χ2v) is 6.56. The van der Waals surface area contributed by atoms with Gasteiger partial charge in [0.15, 0.2) is 10.8 Å². The zero-order valence-corrected chi connectivity index (χ0v) is 16.3. The Morgan fingerprint density at radius 1 is 1.25 bits per heavy atom. The van der Waals surface area contributed by atoms with Crippen LogP contribution < -0.4 is 5.73 Å². The molecule has 2 aromatic heterocycles. The number of carbonyl (C=O) groups excluding carboxylic acids is 1. The molecule has 0 bridgehead atoms. The molecule has 0 saturated heterocycles. The number of nitrogens with zero attached hydrogens (tertiary/aromatic N) is 4. The highest BCUT2D eigenvalue weighted by Crippen LogP contribution is 2.22. The lowest BCUT2D eigenvalue weighted by molar-refractivity contribution is 0.0793. The Bertz CT molecular complexity index is 623. The minimum atomic E-state index is -0.0457. The van der Waals surface area contributed by atoms with E-state index in [2.05, 4.69) is 28.8 Å². The van der Waals surface area contributed by atoms with Crippen LogP contribution in [-0.4, -0.2) is 45.4 Å². The monoisotopic (exact) mass is 391 g/mol. The van der Waals surface area contributed by atoms with E-state index in [9.17, 15) is 4.79 Å². The average Bonchev–Trinajstić information content (AvgIpc) is 3.02. The van der Waals surface area contributed by atoms with E-state index in [0.29, 0.717) is 28.2 Å². The molecule has 134 valence electrons. The van der Waals surface area contributed by atoms with Gasteiger partial charge in [0.2, 0.25) is 0 Å². The predicted octanol–water partition coefficient (Wildman–Crippen LogP) is 2.89. The third kappa shape index (κ3) is 5.98. The first kappa shape index (κ1) is 22.7. The molecule has 2 heterocycles. The van der Waals surface area contributed by atoms with Gasteiger partial charge in [-0.3, -0.25) is 4.79 Å². The van der Waals surface area contributed by atoms with Crippen molar-refractivity contribution in [2.24, 2.45) is 11.7 Å². The first-order valence-corrected chi connectivity index (χ1v) is 8.05. The maximum Gasteiger partial charge on any atom is 0.265 e. The van der Waals surface area contributed by atoms with Crippen molar-refractivity contribution in [2.45, 2.75) is 26.3 Å². The zero-order valence-electron chi connectivity index (χ0n) is 13.9. The lowest BCUT2D eigenvalue weighted by Crippen LogP contribution is -2.34. The van der Waals surface area contributed by atoms with Crippen molar-refractivity contribution < 1.29 is 4.79 Å². The Labute approximate surface area is 158 Å². The fourth-order valence-corrected chi connectivity index (χ4v) is 2.71. The second-order valence-electron chi connectivity index (χ2n) is 5.53. The fourth-order valence-electron chi connectivity index (χ4n) is 1.85. The first-order chi connectivity index (χ1) is 10.5. The van der Waals surface area contributed by atoms with Gasteiger partial charge in [-0.2, -0.15) is 0 Å². The van der Waals surface area contributed by atoms with Gasteiger partial charge in [0.05, 0.1) is 6.20 Å². The molecule has 0 aliphatic rings. The van der Waals surface area contributed by atoms with E-state index in [-0.39, 0.29) is 36.8 Å². The van der Waals surface area contributed by atoms with E-state index in [1.807, 2.05) is 0 Å². The van der Waals surface area contributed by atoms with Crippen LogP contribution in [0, 0.1) is 5.92 Å². The molecule has 0 fully saturated rings. The van der Waals surface area contributed by atoms with Crippen molar-refractivity contribution in [2.75, 3.05) is 13.6 Å². The Kier molecular flexibility index (Phi) is 9.99. The number of halogens is 2. The Hall–Kier alpha value is -1.28. The van der Waals surface area contributed by atoms with Crippen LogP contribution in [0.5, 0.6) is 0 Å². The highest BCUT2D eigenvalue weighted by Gasteiger charge is 2.18.